The normalized spacial score (nSPS) is 11.6. The second-order valence-corrected chi connectivity index (χ2v) is 8.08. The molecule has 0 spiro atoms. The van der Waals surface area contributed by atoms with Crippen molar-refractivity contribution in [1.29, 1.82) is 0 Å². The van der Waals surface area contributed by atoms with Crippen LogP contribution in [0.2, 0.25) is 5.02 Å². The predicted octanol–water partition coefficient (Wildman–Crippen LogP) is 3.80. The van der Waals surface area contributed by atoms with Crippen LogP contribution in [0, 0.1) is 0 Å². The Kier molecular flexibility index (Phi) is 7.07. The first-order valence-electron chi connectivity index (χ1n) is 10.8. The number of rotatable bonds is 6. The summed E-state index contributed by atoms with van der Waals surface area (Å²) in [5, 5.41) is 9.84. The molecule has 1 atom stereocenters. The molecule has 0 aliphatic heterocycles. The van der Waals surface area contributed by atoms with Crippen LogP contribution >= 0.6 is 11.6 Å². The van der Waals surface area contributed by atoms with Crippen LogP contribution in [0.3, 0.4) is 0 Å². The van der Waals surface area contributed by atoms with E-state index in [0.717, 1.165) is 11.1 Å². The molecule has 2 heterocycles. The van der Waals surface area contributed by atoms with Gasteiger partial charge < -0.3 is 10.1 Å². The molecular weight excluding hydrogens is 470 g/mol. The molecule has 178 valence electrons. The van der Waals surface area contributed by atoms with Gasteiger partial charge in [0.15, 0.2) is 11.8 Å². The number of imide groups is 1. The van der Waals surface area contributed by atoms with Crippen molar-refractivity contribution in [2.24, 2.45) is 0 Å². The standard InChI is InChI=1S/C25H22ClN5O4/c1-15(23(32)30-25(34)27-2)35-24(33)18-12-21(16-8-4-3-5-9-16)29-22-19(18)13-28-31(22)14-17-10-6-7-11-20(17)26/h3-13,15H,14H2,1-2H3,(H2,27,30,32,34). The van der Waals surface area contributed by atoms with Crippen molar-refractivity contribution in [3.05, 3.63) is 83.0 Å². The average Bonchev–Trinajstić information content (AvgIpc) is 3.27. The summed E-state index contributed by atoms with van der Waals surface area (Å²) < 4.78 is 7.03. The van der Waals surface area contributed by atoms with Crippen molar-refractivity contribution in [2.75, 3.05) is 7.05 Å². The number of carbonyl (C=O) groups excluding carboxylic acids is 3. The molecule has 0 bridgehead atoms. The summed E-state index contributed by atoms with van der Waals surface area (Å²) in [7, 11) is 1.37. The SMILES string of the molecule is CNC(=O)NC(=O)C(C)OC(=O)c1cc(-c2ccccc2)nc2c1cnn2Cc1ccccc1Cl. The highest BCUT2D eigenvalue weighted by Crippen LogP contribution is 2.27. The molecule has 4 rings (SSSR count). The van der Waals surface area contributed by atoms with Crippen molar-refractivity contribution >= 4 is 40.5 Å². The van der Waals surface area contributed by atoms with Crippen LogP contribution in [0.15, 0.2) is 66.9 Å². The maximum absolute atomic E-state index is 13.1. The summed E-state index contributed by atoms with van der Waals surface area (Å²) in [6.45, 7) is 1.72. The maximum Gasteiger partial charge on any atom is 0.339 e. The zero-order chi connectivity index (χ0) is 24.9. The molecule has 2 aromatic carbocycles. The second-order valence-electron chi connectivity index (χ2n) is 7.67. The number of hydrogen-bond acceptors (Lipinski definition) is 6. The van der Waals surface area contributed by atoms with E-state index in [9.17, 15) is 14.4 Å². The first-order valence-corrected chi connectivity index (χ1v) is 11.1. The lowest BCUT2D eigenvalue weighted by Crippen LogP contribution is -2.43. The minimum atomic E-state index is -1.21. The number of carbonyl (C=O) groups is 3. The Labute approximate surface area is 206 Å². The van der Waals surface area contributed by atoms with E-state index in [1.165, 1.54) is 20.2 Å². The third-order valence-electron chi connectivity index (χ3n) is 5.29. The number of pyridine rings is 1. The van der Waals surface area contributed by atoms with Crippen LogP contribution in [-0.4, -0.2) is 45.8 Å². The van der Waals surface area contributed by atoms with E-state index < -0.39 is 24.0 Å². The van der Waals surface area contributed by atoms with Gasteiger partial charge in [-0.05, 0) is 24.6 Å². The summed E-state index contributed by atoms with van der Waals surface area (Å²) in [6, 6.07) is 17.7. The molecule has 4 aromatic rings. The van der Waals surface area contributed by atoms with Crippen molar-refractivity contribution < 1.29 is 19.1 Å². The Morgan fingerprint density at radius 3 is 2.51 bits per heavy atom. The maximum atomic E-state index is 13.1. The molecule has 0 fully saturated rings. The summed E-state index contributed by atoms with van der Waals surface area (Å²) >= 11 is 6.33. The van der Waals surface area contributed by atoms with Gasteiger partial charge in [0, 0.05) is 17.6 Å². The van der Waals surface area contributed by atoms with Crippen LogP contribution in [0.25, 0.3) is 22.3 Å². The molecule has 0 saturated carbocycles. The topological polar surface area (TPSA) is 115 Å². The van der Waals surface area contributed by atoms with Gasteiger partial charge >= 0.3 is 12.0 Å². The number of nitrogens with zero attached hydrogens (tertiary/aromatic N) is 3. The minimum absolute atomic E-state index is 0.193. The van der Waals surface area contributed by atoms with Crippen molar-refractivity contribution in [3.8, 4) is 11.3 Å². The number of hydrogen-bond donors (Lipinski definition) is 2. The van der Waals surface area contributed by atoms with Gasteiger partial charge in [0.05, 0.1) is 29.4 Å². The summed E-state index contributed by atoms with van der Waals surface area (Å²) in [6.07, 6.45) is 0.321. The Bertz CT molecular complexity index is 1400. The van der Waals surface area contributed by atoms with Gasteiger partial charge in [-0.3, -0.25) is 10.1 Å². The van der Waals surface area contributed by atoms with Crippen LogP contribution < -0.4 is 10.6 Å². The summed E-state index contributed by atoms with van der Waals surface area (Å²) in [4.78, 5) is 41.5. The molecule has 0 saturated heterocycles. The van der Waals surface area contributed by atoms with E-state index in [0.29, 0.717) is 28.3 Å². The number of amides is 3. The molecule has 2 N–H and O–H groups in total. The van der Waals surface area contributed by atoms with E-state index >= 15 is 0 Å². The lowest BCUT2D eigenvalue weighted by atomic mass is 10.1. The second kappa shape index (κ2) is 10.4. The zero-order valence-electron chi connectivity index (χ0n) is 19.0. The Morgan fingerprint density at radius 1 is 1.09 bits per heavy atom. The molecular formula is C25H22ClN5O4. The zero-order valence-corrected chi connectivity index (χ0v) is 19.7. The number of esters is 1. The average molecular weight is 492 g/mol. The number of benzene rings is 2. The third-order valence-corrected chi connectivity index (χ3v) is 5.66. The lowest BCUT2D eigenvalue weighted by Gasteiger charge is -2.14. The molecule has 9 nitrogen and oxygen atoms in total. The van der Waals surface area contributed by atoms with Gasteiger partial charge in [-0.25, -0.2) is 19.3 Å². The Balaban J connectivity index is 1.74. The number of halogens is 1. The Morgan fingerprint density at radius 2 is 1.80 bits per heavy atom. The summed E-state index contributed by atoms with van der Waals surface area (Å²) in [5.41, 5.74) is 2.82. The molecule has 0 aliphatic rings. The first kappa shape index (κ1) is 23.9. The number of ether oxygens (including phenoxy) is 1. The highest BCUT2D eigenvalue weighted by atomic mass is 35.5. The van der Waals surface area contributed by atoms with Crippen LogP contribution in [0.1, 0.15) is 22.8 Å². The number of nitrogens with one attached hydrogen (secondary N) is 2. The molecule has 0 aliphatic carbocycles. The fraction of sp³-hybridized carbons (Fsp3) is 0.160. The highest BCUT2D eigenvalue weighted by Gasteiger charge is 2.24. The van der Waals surface area contributed by atoms with E-state index in [2.05, 4.69) is 15.7 Å². The van der Waals surface area contributed by atoms with E-state index in [1.54, 1.807) is 16.8 Å². The monoisotopic (exact) mass is 491 g/mol. The quantitative estimate of drug-likeness (QED) is 0.396. The molecule has 1 unspecified atom stereocenters. The number of aromatic nitrogens is 3. The fourth-order valence-electron chi connectivity index (χ4n) is 3.43. The van der Waals surface area contributed by atoms with Gasteiger partial charge in [0.1, 0.15) is 0 Å². The number of fused-ring (bicyclic) bond motifs is 1. The molecule has 35 heavy (non-hydrogen) atoms. The minimum Gasteiger partial charge on any atom is -0.449 e. The molecule has 3 amide bonds. The fourth-order valence-corrected chi connectivity index (χ4v) is 3.63. The molecule has 2 aromatic heterocycles. The molecule has 10 heteroatoms. The van der Waals surface area contributed by atoms with Crippen LogP contribution in [0.5, 0.6) is 0 Å². The van der Waals surface area contributed by atoms with Gasteiger partial charge in [-0.1, -0.05) is 60.1 Å². The van der Waals surface area contributed by atoms with Crippen molar-refractivity contribution in [3.63, 3.8) is 0 Å². The Hall–Kier alpha value is -4.24. The van der Waals surface area contributed by atoms with E-state index in [1.807, 2.05) is 48.5 Å². The highest BCUT2D eigenvalue weighted by molar-refractivity contribution is 6.31. The van der Waals surface area contributed by atoms with Crippen LogP contribution in [-0.2, 0) is 16.1 Å². The van der Waals surface area contributed by atoms with Gasteiger partial charge in [-0.2, -0.15) is 5.10 Å². The third kappa shape index (κ3) is 5.30. The van der Waals surface area contributed by atoms with Gasteiger partial charge in [-0.15, -0.1) is 0 Å². The predicted molar refractivity (Wildman–Crippen MR) is 131 cm³/mol. The lowest BCUT2D eigenvalue weighted by molar-refractivity contribution is -0.127. The summed E-state index contributed by atoms with van der Waals surface area (Å²) in [5.74, 6) is -1.49. The van der Waals surface area contributed by atoms with Crippen molar-refractivity contribution in [2.45, 2.75) is 19.6 Å². The first-order chi connectivity index (χ1) is 16.9. The van der Waals surface area contributed by atoms with E-state index in [4.69, 9.17) is 21.3 Å². The van der Waals surface area contributed by atoms with Gasteiger partial charge in [0.2, 0.25) is 0 Å². The number of urea groups is 1. The van der Waals surface area contributed by atoms with Crippen molar-refractivity contribution in [1.82, 2.24) is 25.4 Å². The van der Waals surface area contributed by atoms with Crippen LogP contribution in [0.4, 0.5) is 4.79 Å². The smallest absolute Gasteiger partial charge is 0.339 e. The molecule has 0 radical (unpaired) electrons. The van der Waals surface area contributed by atoms with E-state index in [-0.39, 0.29) is 5.56 Å². The largest absolute Gasteiger partial charge is 0.449 e. The van der Waals surface area contributed by atoms with Gasteiger partial charge in [0.25, 0.3) is 5.91 Å².